The van der Waals surface area contributed by atoms with Gasteiger partial charge in [-0.1, -0.05) is 42.5 Å². The lowest BCUT2D eigenvalue weighted by molar-refractivity contribution is -0.137. The molecule has 5 rings (SSSR count). The summed E-state index contributed by atoms with van der Waals surface area (Å²) in [6, 6.07) is 19.1. The van der Waals surface area contributed by atoms with E-state index in [9.17, 15) is 13.2 Å². The Balaban J connectivity index is 1.80. The molecule has 0 saturated heterocycles. The molecule has 1 aliphatic heterocycles. The van der Waals surface area contributed by atoms with E-state index < -0.39 is 11.7 Å². The van der Waals surface area contributed by atoms with Crippen LogP contribution in [0.5, 0.6) is 0 Å². The third kappa shape index (κ3) is 2.94. The van der Waals surface area contributed by atoms with Crippen molar-refractivity contribution in [3.63, 3.8) is 0 Å². The minimum absolute atomic E-state index is 0.661. The Labute approximate surface area is 171 Å². The second kappa shape index (κ2) is 6.73. The summed E-state index contributed by atoms with van der Waals surface area (Å²) in [6.45, 7) is 2.03. The van der Waals surface area contributed by atoms with Gasteiger partial charge in [0.05, 0.1) is 11.3 Å². The van der Waals surface area contributed by atoms with Crippen molar-refractivity contribution < 1.29 is 13.2 Å². The Kier molecular flexibility index (Phi) is 4.13. The molecule has 0 spiro atoms. The summed E-state index contributed by atoms with van der Waals surface area (Å²) in [6.07, 6.45) is -0.647. The Bertz CT molecular complexity index is 1320. The molecule has 3 aromatic carbocycles. The summed E-state index contributed by atoms with van der Waals surface area (Å²) in [4.78, 5) is 7.83. The summed E-state index contributed by atoms with van der Waals surface area (Å²) in [5.41, 5.74) is 6.66. The predicted molar refractivity (Wildman–Crippen MR) is 115 cm³/mol. The molecular weight excluding hydrogens is 385 g/mol. The molecule has 4 aromatic rings. The van der Waals surface area contributed by atoms with Crippen LogP contribution in [0.15, 0.2) is 77.9 Å². The number of rotatable bonds is 2. The lowest BCUT2D eigenvalue weighted by Crippen LogP contribution is -2.04. The number of nitrogens with one attached hydrogen (secondary N) is 1. The van der Waals surface area contributed by atoms with E-state index in [0.717, 1.165) is 56.6 Å². The van der Waals surface area contributed by atoms with Gasteiger partial charge in [0, 0.05) is 45.6 Å². The third-order valence-corrected chi connectivity index (χ3v) is 5.48. The molecule has 0 saturated carbocycles. The van der Waals surface area contributed by atoms with Crippen LogP contribution < -0.4 is 0 Å². The Morgan fingerprint density at radius 3 is 2.43 bits per heavy atom. The number of para-hydroxylation sites is 1. The quantitative estimate of drug-likeness (QED) is 0.368. The smallest absolute Gasteiger partial charge is 0.361 e. The number of nitrogens with zero attached hydrogens (tertiary/aromatic N) is 1. The number of halogens is 3. The molecule has 1 N–H and O–H groups in total. The van der Waals surface area contributed by atoms with E-state index >= 15 is 0 Å². The first-order valence-corrected chi connectivity index (χ1v) is 9.56. The van der Waals surface area contributed by atoms with Crippen LogP contribution in [-0.2, 0) is 6.18 Å². The first-order chi connectivity index (χ1) is 14.4. The molecule has 0 bridgehead atoms. The normalized spacial score (nSPS) is 14.9. The fourth-order valence-electron chi connectivity index (χ4n) is 4.06. The molecule has 30 heavy (non-hydrogen) atoms. The van der Waals surface area contributed by atoms with E-state index in [1.54, 1.807) is 6.21 Å². The van der Waals surface area contributed by atoms with E-state index in [4.69, 9.17) is 0 Å². The molecule has 0 radical (unpaired) electrons. The largest absolute Gasteiger partial charge is 0.416 e. The number of H-pyrrole nitrogens is 1. The topological polar surface area (TPSA) is 28.1 Å². The molecule has 2 heterocycles. The van der Waals surface area contributed by atoms with Gasteiger partial charge in [-0.05, 0) is 42.3 Å². The highest BCUT2D eigenvalue weighted by Crippen LogP contribution is 2.42. The lowest BCUT2D eigenvalue weighted by Gasteiger charge is -2.14. The van der Waals surface area contributed by atoms with Gasteiger partial charge in [-0.3, -0.25) is 4.99 Å². The molecular formula is C25H17F3N2. The van der Waals surface area contributed by atoms with Gasteiger partial charge in [-0.25, -0.2) is 0 Å². The van der Waals surface area contributed by atoms with E-state index in [1.165, 1.54) is 12.1 Å². The molecule has 0 fully saturated rings. The first-order valence-electron chi connectivity index (χ1n) is 9.56. The van der Waals surface area contributed by atoms with Crippen molar-refractivity contribution in [1.82, 2.24) is 4.98 Å². The van der Waals surface area contributed by atoms with Gasteiger partial charge in [-0.2, -0.15) is 13.2 Å². The lowest BCUT2D eigenvalue weighted by atomic mass is 9.89. The van der Waals surface area contributed by atoms with Gasteiger partial charge in [-0.15, -0.1) is 0 Å². The SMILES string of the molecule is Cc1cccc2[nH]cc(C(=C3C=Nc4ccccc43)c3ccc(C(F)(F)F)cc3)c12. The van der Waals surface area contributed by atoms with Crippen LogP contribution in [0.3, 0.4) is 0 Å². The summed E-state index contributed by atoms with van der Waals surface area (Å²) < 4.78 is 39.3. The minimum atomic E-state index is -4.37. The molecule has 5 heteroatoms. The van der Waals surface area contributed by atoms with Crippen molar-refractivity contribution in [1.29, 1.82) is 0 Å². The van der Waals surface area contributed by atoms with Crippen molar-refractivity contribution in [3.8, 4) is 0 Å². The summed E-state index contributed by atoms with van der Waals surface area (Å²) in [5, 5.41) is 1.05. The molecule has 148 valence electrons. The van der Waals surface area contributed by atoms with Crippen LogP contribution in [-0.4, -0.2) is 11.2 Å². The van der Waals surface area contributed by atoms with Crippen LogP contribution in [0, 0.1) is 6.92 Å². The highest BCUT2D eigenvalue weighted by molar-refractivity contribution is 6.27. The van der Waals surface area contributed by atoms with Crippen LogP contribution in [0.2, 0.25) is 0 Å². The molecule has 1 aliphatic rings. The van der Waals surface area contributed by atoms with Crippen LogP contribution in [0.1, 0.15) is 27.8 Å². The summed E-state index contributed by atoms with van der Waals surface area (Å²) in [5.74, 6) is 0. The van der Waals surface area contributed by atoms with Gasteiger partial charge in [0.2, 0.25) is 0 Å². The maximum absolute atomic E-state index is 13.1. The Morgan fingerprint density at radius 1 is 0.900 bits per heavy atom. The van der Waals surface area contributed by atoms with Gasteiger partial charge >= 0.3 is 6.18 Å². The van der Waals surface area contributed by atoms with Crippen molar-refractivity contribution in [2.45, 2.75) is 13.1 Å². The minimum Gasteiger partial charge on any atom is -0.361 e. The van der Waals surface area contributed by atoms with Gasteiger partial charge in [0.15, 0.2) is 0 Å². The zero-order valence-electron chi connectivity index (χ0n) is 16.1. The zero-order chi connectivity index (χ0) is 20.9. The maximum atomic E-state index is 13.1. The first kappa shape index (κ1) is 18.4. The molecule has 2 nitrogen and oxygen atoms in total. The number of allylic oxidation sites excluding steroid dienone is 1. The number of hydrogen-bond donors (Lipinski definition) is 1. The van der Waals surface area contributed by atoms with E-state index in [2.05, 4.69) is 9.98 Å². The van der Waals surface area contributed by atoms with Crippen LogP contribution >= 0.6 is 0 Å². The number of aromatic amines is 1. The average molecular weight is 402 g/mol. The van der Waals surface area contributed by atoms with Crippen molar-refractivity contribution in [2.24, 2.45) is 4.99 Å². The van der Waals surface area contributed by atoms with E-state index in [0.29, 0.717) is 5.56 Å². The highest BCUT2D eigenvalue weighted by atomic mass is 19.4. The second-order valence-corrected chi connectivity index (χ2v) is 7.34. The molecule has 1 aromatic heterocycles. The molecule has 0 unspecified atom stereocenters. The number of hydrogen-bond acceptors (Lipinski definition) is 1. The van der Waals surface area contributed by atoms with E-state index in [-0.39, 0.29) is 0 Å². The number of fused-ring (bicyclic) bond motifs is 2. The summed E-state index contributed by atoms with van der Waals surface area (Å²) >= 11 is 0. The summed E-state index contributed by atoms with van der Waals surface area (Å²) in [7, 11) is 0. The Morgan fingerprint density at radius 2 is 1.67 bits per heavy atom. The van der Waals surface area contributed by atoms with Gasteiger partial charge in [0.25, 0.3) is 0 Å². The van der Waals surface area contributed by atoms with Gasteiger partial charge in [0.1, 0.15) is 0 Å². The van der Waals surface area contributed by atoms with Crippen LogP contribution in [0.4, 0.5) is 18.9 Å². The van der Waals surface area contributed by atoms with Crippen LogP contribution in [0.25, 0.3) is 22.0 Å². The highest BCUT2D eigenvalue weighted by Gasteiger charge is 2.30. The fourth-order valence-corrected chi connectivity index (χ4v) is 4.06. The number of benzene rings is 3. The third-order valence-electron chi connectivity index (χ3n) is 5.48. The average Bonchev–Trinajstić information content (AvgIpc) is 3.34. The van der Waals surface area contributed by atoms with Crippen molar-refractivity contribution in [3.05, 3.63) is 101 Å². The van der Waals surface area contributed by atoms with Crippen molar-refractivity contribution >= 4 is 34.0 Å². The Hall–Kier alpha value is -3.60. The van der Waals surface area contributed by atoms with Gasteiger partial charge < -0.3 is 4.98 Å². The second-order valence-electron chi connectivity index (χ2n) is 7.34. The number of aliphatic imine (C=N–C) groups is 1. The van der Waals surface area contributed by atoms with Crippen molar-refractivity contribution in [2.75, 3.05) is 0 Å². The molecule has 0 atom stereocenters. The number of aromatic nitrogens is 1. The number of alkyl halides is 3. The van der Waals surface area contributed by atoms with E-state index in [1.807, 2.05) is 55.6 Å². The fraction of sp³-hybridized carbons (Fsp3) is 0.0800. The zero-order valence-corrected chi connectivity index (χ0v) is 16.1. The predicted octanol–water partition coefficient (Wildman–Crippen LogP) is 7.17. The molecule has 0 amide bonds. The standard InChI is InChI=1S/C25H17F3N2/c1-15-5-4-8-22-23(15)20(14-30-22)24(16-9-11-17(12-10-16)25(26,27)28)19-13-29-21-7-3-2-6-18(19)21/h2-14,30H,1H3. The monoisotopic (exact) mass is 402 g/mol. The maximum Gasteiger partial charge on any atom is 0.416 e. The molecule has 0 aliphatic carbocycles. The number of aryl methyl sites for hydroxylation is 1.